The maximum absolute atomic E-state index is 9.39. The zero-order chi connectivity index (χ0) is 18.1. The fourth-order valence-corrected chi connectivity index (χ4v) is 2.29. The molecule has 2 aromatic rings. The number of hydrogen-bond acceptors (Lipinski definition) is 4. The molecule has 0 aliphatic heterocycles. The Bertz CT molecular complexity index is 561. The fourth-order valence-electron chi connectivity index (χ4n) is 2.12. The Morgan fingerprint density at radius 2 is 1.04 bits per heavy atom. The van der Waals surface area contributed by atoms with E-state index in [4.69, 9.17) is 32.7 Å². The van der Waals surface area contributed by atoms with Gasteiger partial charge in [-0.3, -0.25) is 0 Å². The third-order valence-corrected chi connectivity index (χ3v) is 4.21. The SMILES string of the molecule is O[C@@H](CCl)COc1ccc(Cc2ccc(OC[C@@H](O)CCl)cc2)cc1. The average Bonchev–Trinajstić information content (AvgIpc) is 2.66. The summed E-state index contributed by atoms with van der Waals surface area (Å²) < 4.78 is 10.9. The first-order valence-electron chi connectivity index (χ1n) is 8.02. The zero-order valence-corrected chi connectivity index (χ0v) is 15.3. The molecule has 0 fully saturated rings. The van der Waals surface area contributed by atoms with Gasteiger partial charge in [-0.2, -0.15) is 0 Å². The fraction of sp³-hybridized carbons (Fsp3) is 0.368. The summed E-state index contributed by atoms with van der Waals surface area (Å²) in [5, 5.41) is 18.8. The zero-order valence-electron chi connectivity index (χ0n) is 13.8. The van der Waals surface area contributed by atoms with E-state index in [1.165, 1.54) is 0 Å². The van der Waals surface area contributed by atoms with E-state index in [1.54, 1.807) is 0 Å². The molecule has 0 heterocycles. The van der Waals surface area contributed by atoms with Crippen molar-refractivity contribution in [1.82, 2.24) is 0 Å². The maximum Gasteiger partial charge on any atom is 0.119 e. The highest BCUT2D eigenvalue weighted by Gasteiger charge is 2.05. The second kappa shape index (κ2) is 10.5. The standard InChI is InChI=1S/C19H22Cl2O4/c20-10-16(22)12-24-18-5-1-14(2-6-18)9-15-3-7-19(8-4-15)25-13-17(23)11-21/h1-8,16-17,22-23H,9-13H2/t16-,17-/m0/s1. The molecule has 2 rings (SSSR count). The highest BCUT2D eigenvalue weighted by molar-refractivity contribution is 6.18. The quantitative estimate of drug-likeness (QED) is 0.617. The molecule has 0 aliphatic rings. The van der Waals surface area contributed by atoms with Gasteiger partial charge >= 0.3 is 0 Å². The highest BCUT2D eigenvalue weighted by atomic mass is 35.5. The van der Waals surface area contributed by atoms with E-state index in [-0.39, 0.29) is 25.0 Å². The van der Waals surface area contributed by atoms with E-state index >= 15 is 0 Å². The molecule has 25 heavy (non-hydrogen) atoms. The summed E-state index contributed by atoms with van der Waals surface area (Å²) in [7, 11) is 0. The van der Waals surface area contributed by atoms with Crippen molar-refractivity contribution in [2.75, 3.05) is 25.0 Å². The molecule has 136 valence electrons. The summed E-state index contributed by atoms with van der Waals surface area (Å²) in [6.45, 7) is 0.367. The second-order valence-corrected chi connectivity index (χ2v) is 6.32. The van der Waals surface area contributed by atoms with Crippen molar-refractivity contribution in [3.8, 4) is 11.5 Å². The molecule has 0 aliphatic carbocycles. The Balaban J connectivity index is 1.85. The van der Waals surface area contributed by atoms with Gasteiger partial charge in [-0.1, -0.05) is 24.3 Å². The Morgan fingerprint density at radius 3 is 1.36 bits per heavy atom. The second-order valence-electron chi connectivity index (χ2n) is 5.70. The van der Waals surface area contributed by atoms with Crippen LogP contribution in [0.4, 0.5) is 0 Å². The summed E-state index contributed by atoms with van der Waals surface area (Å²) in [6.07, 6.45) is -0.532. The normalized spacial score (nSPS) is 13.3. The number of ether oxygens (including phenoxy) is 2. The largest absolute Gasteiger partial charge is 0.491 e. The Morgan fingerprint density at radius 1 is 0.680 bits per heavy atom. The molecular formula is C19H22Cl2O4. The predicted molar refractivity (Wildman–Crippen MR) is 100 cm³/mol. The maximum atomic E-state index is 9.39. The van der Waals surface area contributed by atoms with Gasteiger partial charge in [0.1, 0.15) is 36.9 Å². The number of aliphatic hydroxyl groups is 2. The molecule has 6 heteroatoms. The number of alkyl halides is 2. The van der Waals surface area contributed by atoms with Crippen molar-refractivity contribution in [1.29, 1.82) is 0 Å². The highest BCUT2D eigenvalue weighted by Crippen LogP contribution is 2.18. The molecular weight excluding hydrogens is 363 g/mol. The molecule has 2 atom stereocenters. The van der Waals surface area contributed by atoms with E-state index in [1.807, 2.05) is 48.5 Å². The Kier molecular flexibility index (Phi) is 8.35. The van der Waals surface area contributed by atoms with Crippen LogP contribution in [0.5, 0.6) is 11.5 Å². The van der Waals surface area contributed by atoms with Crippen molar-refractivity contribution in [2.45, 2.75) is 18.6 Å². The predicted octanol–water partition coefficient (Wildman–Crippen LogP) is 3.23. The van der Waals surface area contributed by atoms with Gasteiger partial charge in [0, 0.05) is 0 Å². The third-order valence-electron chi connectivity index (χ3n) is 3.50. The van der Waals surface area contributed by atoms with Crippen LogP contribution in [0.3, 0.4) is 0 Å². The van der Waals surface area contributed by atoms with Crippen molar-refractivity contribution < 1.29 is 19.7 Å². The molecule has 0 spiro atoms. The van der Waals surface area contributed by atoms with Crippen LogP contribution >= 0.6 is 23.2 Å². The van der Waals surface area contributed by atoms with Crippen molar-refractivity contribution >= 4 is 23.2 Å². The number of aliphatic hydroxyl groups excluding tert-OH is 2. The summed E-state index contributed by atoms with van der Waals surface area (Å²) in [5.74, 6) is 1.72. The van der Waals surface area contributed by atoms with Crippen molar-refractivity contribution in [3.05, 3.63) is 59.7 Å². The first-order chi connectivity index (χ1) is 12.1. The monoisotopic (exact) mass is 384 g/mol. The van der Waals surface area contributed by atoms with Gasteiger partial charge in [0.05, 0.1) is 11.8 Å². The summed E-state index contributed by atoms with van der Waals surface area (Å²) in [6, 6.07) is 15.5. The average molecular weight is 385 g/mol. The molecule has 2 N–H and O–H groups in total. The van der Waals surface area contributed by atoms with E-state index in [9.17, 15) is 10.2 Å². The summed E-state index contributed by atoms with van der Waals surface area (Å²) in [4.78, 5) is 0. The topological polar surface area (TPSA) is 58.9 Å². The lowest BCUT2D eigenvalue weighted by molar-refractivity contribution is 0.125. The first-order valence-corrected chi connectivity index (χ1v) is 9.09. The van der Waals surface area contributed by atoms with Crippen LogP contribution in [0.25, 0.3) is 0 Å². The Labute approximate surface area is 157 Å². The third kappa shape index (κ3) is 7.12. The van der Waals surface area contributed by atoms with Crippen LogP contribution < -0.4 is 9.47 Å². The molecule has 4 nitrogen and oxygen atoms in total. The number of rotatable bonds is 10. The van der Waals surface area contributed by atoms with Gasteiger partial charge in [0.25, 0.3) is 0 Å². The molecule has 0 saturated heterocycles. The minimum Gasteiger partial charge on any atom is -0.491 e. The Hall–Kier alpha value is -1.46. The van der Waals surface area contributed by atoms with Gasteiger partial charge < -0.3 is 19.7 Å². The van der Waals surface area contributed by atoms with Crippen molar-refractivity contribution in [3.63, 3.8) is 0 Å². The lowest BCUT2D eigenvalue weighted by Crippen LogP contribution is -2.18. The van der Waals surface area contributed by atoms with Crippen LogP contribution in [-0.2, 0) is 6.42 Å². The van der Waals surface area contributed by atoms with Gasteiger partial charge in [-0.15, -0.1) is 23.2 Å². The summed E-state index contributed by atoms with van der Waals surface area (Å²) >= 11 is 11.1. The van der Waals surface area contributed by atoms with Crippen molar-refractivity contribution in [2.24, 2.45) is 0 Å². The lowest BCUT2D eigenvalue weighted by Gasteiger charge is -2.11. The van der Waals surface area contributed by atoms with E-state index < -0.39 is 12.2 Å². The first kappa shape index (κ1) is 19.9. The van der Waals surface area contributed by atoms with Gasteiger partial charge in [-0.05, 0) is 41.8 Å². The molecule has 0 bridgehead atoms. The molecule has 0 unspecified atom stereocenters. The van der Waals surface area contributed by atoms with Gasteiger partial charge in [-0.25, -0.2) is 0 Å². The van der Waals surface area contributed by atoms with Crippen LogP contribution in [0.1, 0.15) is 11.1 Å². The number of benzene rings is 2. The van der Waals surface area contributed by atoms with E-state index in [0.29, 0.717) is 11.5 Å². The number of hydrogen-bond donors (Lipinski definition) is 2. The molecule has 0 saturated carbocycles. The minimum absolute atomic E-state index is 0.155. The number of halogens is 2. The molecule has 2 aromatic carbocycles. The minimum atomic E-state index is -0.660. The van der Waals surface area contributed by atoms with Gasteiger partial charge in [0.2, 0.25) is 0 Å². The summed E-state index contributed by atoms with van der Waals surface area (Å²) in [5.41, 5.74) is 2.30. The van der Waals surface area contributed by atoms with E-state index in [0.717, 1.165) is 17.5 Å². The van der Waals surface area contributed by atoms with Crippen LogP contribution in [-0.4, -0.2) is 47.4 Å². The van der Waals surface area contributed by atoms with Crippen LogP contribution in [0, 0.1) is 0 Å². The van der Waals surface area contributed by atoms with Gasteiger partial charge in [0.15, 0.2) is 0 Å². The molecule has 0 amide bonds. The van der Waals surface area contributed by atoms with E-state index in [2.05, 4.69) is 0 Å². The van der Waals surface area contributed by atoms with Crippen LogP contribution in [0.2, 0.25) is 0 Å². The lowest BCUT2D eigenvalue weighted by atomic mass is 10.0. The smallest absolute Gasteiger partial charge is 0.119 e. The molecule has 0 aromatic heterocycles. The van der Waals surface area contributed by atoms with Crippen LogP contribution in [0.15, 0.2) is 48.5 Å². The molecule has 0 radical (unpaired) electrons.